The molecule has 0 amide bonds. The van der Waals surface area contributed by atoms with Crippen LogP contribution >= 0.6 is 28.1 Å². The van der Waals surface area contributed by atoms with Crippen LogP contribution in [-0.4, -0.2) is 23.5 Å². The Morgan fingerprint density at radius 3 is 2.70 bits per heavy atom. The molecule has 0 aliphatic heterocycles. The highest BCUT2D eigenvalue weighted by Gasteiger charge is 2.08. The van der Waals surface area contributed by atoms with Crippen molar-refractivity contribution in [3.63, 3.8) is 0 Å². The van der Waals surface area contributed by atoms with Gasteiger partial charge in [0.25, 0.3) is 0 Å². The first-order valence-electron chi connectivity index (χ1n) is 6.41. The summed E-state index contributed by atoms with van der Waals surface area (Å²) in [6.07, 6.45) is 1.40. The van der Waals surface area contributed by atoms with E-state index in [0.717, 1.165) is 4.47 Å². The fourth-order valence-electron chi connectivity index (χ4n) is 1.70. The molecular weight excluding hydrogens is 385 g/mol. The number of anilines is 1. The van der Waals surface area contributed by atoms with Crippen molar-refractivity contribution in [3.8, 4) is 11.5 Å². The highest BCUT2D eigenvalue weighted by Crippen LogP contribution is 2.32. The Morgan fingerprint density at radius 1 is 1.35 bits per heavy atom. The molecule has 0 aromatic heterocycles. The lowest BCUT2D eigenvalue weighted by Gasteiger charge is -2.08. The van der Waals surface area contributed by atoms with E-state index in [-0.39, 0.29) is 16.7 Å². The molecule has 0 saturated carbocycles. The van der Waals surface area contributed by atoms with E-state index in [2.05, 4.69) is 31.8 Å². The third kappa shape index (κ3) is 4.90. The van der Waals surface area contributed by atoms with Crippen LogP contribution in [0, 0.1) is 5.82 Å². The highest BCUT2D eigenvalue weighted by molar-refractivity contribution is 9.10. The van der Waals surface area contributed by atoms with Crippen molar-refractivity contribution in [3.05, 3.63) is 52.3 Å². The van der Waals surface area contributed by atoms with Gasteiger partial charge in [-0.05, 0) is 48.6 Å². The van der Waals surface area contributed by atoms with Crippen LogP contribution in [0.5, 0.6) is 11.5 Å². The molecule has 23 heavy (non-hydrogen) atoms. The van der Waals surface area contributed by atoms with Crippen molar-refractivity contribution in [2.75, 3.05) is 12.4 Å². The number of benzene rings is 2. The molecule has 2 aromatic rings. The number of hydrogen-bond acceptors (Lipinski definition) is 4. The Kier molecular flexibility index (Phi) is 5.89. The fourth-order valence-corrected chi connectivity index (χ4v) is 2.33. The molecule has 0 heterocycles. The number of phenolic OH excluding ortho intramolecular Hbond substituents is 1. The van der Waals surface area contributed by atoms with E-state index >= 15 is 0 Å². The van der Waals surface area contributed by atoms with Gasteiger partial charge in [0.2, 0.25) is 0 Å². The zero-order chi connectivity index (χ0) is 16.8. The molecule has 8 heteroatoms. The first-order chi connectivity index (χ1) is 11.0. The molecule has 0 radical (unpaired) electrons. The predicted molar refractivity (Wildman–Crippen MR) is 95.7 cm³/mol. The maximum atomic E-state index is 12.8. The Hall–Kier alpha value is -2.19. The molecule has 0 atom stereocenters. The summed E-state index contributed by atoms with van der Waals surface area (Å²) in [4.78, 5) is 0. The zero-order valence-corrected chi connectivity index (χ0v) is 14.4. The number of hydrogen-bond donors (Lipinski definition) is 3. The minimum atomic E-state index is -0.327. The number of nitrogens with zero attached hydrogens (tertiary/aromatic N) is 1. The van der Waals surface area contributed by atoms with Crippen LogP contribution in [0.2, 0.25) is 0 Å². The minimum Gasteiger partial charge on any atom is -0.504 e. The van der Waals surface area contributed by atoms with Gasteiger partial charge in [-0.1, -0.05) is 15.9 Å². The van der Waals surface area contributed by atoms with E-state index in [9.17, 15) is 9.50 Å². The molecule has 0 unspecified atom stereocenters. The van der Waals surface area contributed by atoms with Gasteiger partial charge in [-0.3, -0.25) is 5.43 Å². The summed E-state index contributed by atoms with van der Waals surface area (Å²) in [6, 6.07) is 9.07. The number of halogens is 2. The topological polar surface area (TPSA) is 65.9 Å². The smallest absolute Gasteiger partial charge is 0.191 e. The molecular formula is C15H13BrFN3O2S. The molecule has 2 aromatic carbocycles. The number of rotatable bonds is 4. The van der Waals surface area contributed by atoms with Crippen LogP contribution in [-0.2, 0) is 0 Å². The summed E-state index contributed by atoms with van der Waals surface area (Å²) in [5, 5.41) is 17.0. The van der Waals surface area contributed by atoms with Gasteiger partial charge >= 0.3 is 0 Å². The molecule has 0 spiro atoms. The molecule has 0 fully saturated rings. The highest BCUT2D eigenvalue weighted by atomic mass is 79.9. The number of hydrazone groups is 1. The van der Waals surface area contributed by atoms with Crippen molar-refractivity contribution >= 4 is 45.2 Å². The summed E-state index contributed by atoms with van der Waals surface area (Å²) < 4.78 is 18.6. The van der Waals surface area contributed by atoms with Crippen LogP contribution in [0.25, 0.3) is 0 Å². The summed E-state index contributed by atoms with van der Waals surface area (Å²) in [5.41, 5.74) is 3.69. The molecule has 0 aliphatic rings. The number of methoxy groups -OCH3 is 1. The largest absolute Gasteiger partial charge is 0.504 e. The zero-order valence-electron chi connectivity index (χ0n) is 12.0. The van der Waals surface area contributed by atoms with Crippen molar-refractivity contribution in [2.45, 2.75) is 0 Å². The van der Waals surface area contributed by atoms with E-state index in [4.69, 9.17) is 17.0 Å². The standard InChI is InChI=1S/C15H13BrFN3O2S/c1-22-13-7-10(16)6-9(14(13)21)8-18-20-15(23)19-12-4-2-11(17)3-5-12/h2-8,21H,1H3,(H2,19,20,23)/b18-8+. The molecule has 5 nitrogen and oxygen atoms in total. The predicted octanol–water partition coefficient (Wildman–Crippen LogP) is 3.62. The third-order valence-electron chi connectivity index (χ3n) is 2.76. The van der Waals surface area contributed by atoms with Gasteiger partial charge in [0.05, 0.1) is 13.3 Å². The number of ether oxygens (including phenoxy) is 1. The average Bonchev–Trinajstić information content (AvgIpc) is 2.52. The molecule has 0 aliphatic carbocycles. The number of phenols is 1. The Morgan fingerprint density at radius 2 is 2.04 bits per heavy atom. The lowest BCUT2D eigenvalue weighted by molar-refractivity contribution is 0.373. The molecule has 2 rings (SSSR count). The lowest BCUT2D eigenvalue weighted by atomic mass is 10.2. The number of aromatic hydroxyl groups is 1. The molecule has 120 valence electrons. The maximum absolute atomic E-state index is 12.8. The second kappa shape index (κ2) is 7.89. The van der Waals surface area contributed by atoms with Crippen LogP contribution in [0.1, 0.15) is 5.56 Å². The normalized spacial score (nSPS) is 10.6. The molecule has 0 saturated heterocycles. The Balaban J connectivity index is 2.00. The third-order valence-corrected chi connectivity index (χ3v) is 3.41. The minimum absolute atomic E-state index is 0.0290. The van der Waals surface area contributed by atoms with Crippen LogP contribution in [0.3, 0.4) is 0 Å². The second-order valence-corrected chi connectivity index (χ2v) is 5.70. The SMILES string of the molecule is COc1cc(Br)cc(/C=N/NC(=S)Nc2ccc(F)cc2)c1O. The van der Waals surface area contributed by atoms with Crippen LogP contribution in [0.15, 0.2) is 46.0 Å². The van der Waals surface area contributed by atoms with Crippen molar-refractivity contribution in [2.24, 2.45) is 5.10 Å². The average molecular weight is 398 g/mol. The van der Waals surface area contributed by atoms with Crippen molar-refractivity contribution < 1.29 is 14.2 Å². The Labute approximate surface area is 146 Å². The summed E-state index contributed by atoms with van der Waals surface area (Å²) in [6.45, 7) is 0. The number of thiocarbonyl (C=S) groups is 1. The summed E-state index contributed by atoms with van der Waals surface area (Å²) in [5.74, 6) is -0.0296. The van der Waals surface area contributed by atoms with E-state index in [1.165, 1.54) is 25.5 Å². The Bertz CT molecular complexity index is 738. The fraction of sp³-hybridized carbons (Fsp3) is 0.0667. The van der Waals surface area contributed by atoms with Crippen molar-refractivity contribution in [1.82, 2.24) is 5.43 Å². The quantitative estimate of drug-likeness (QED) is 0.417. The van der Waals surface area contributed by atoms with Gasteiger partial charge in [-0.15, -0.1) is 0 Å². The van der Waals surface area contributed by atoms with E-state index in [1.807, 2.05) is 0 Å². The van der Waals surface area contributed by atoms with Gasteiger partial charge in [0, 0.05) is 15.7 Å². The van der Waals surface area contributed by atoms with Gasteiger partial charge < -0.3 is 15.2 Å². The van der Waals surface area contributed by atoms with Gasteiger partial charge in [-0.2, -0.15) is 5.10 Å². The maximum Gasteiger partial charge on any atom is 0.191 e. The van der Waals surface area contributed by atoms with E-state index in [0.29, 0.717) is 17.0 Å². The second-order valence-electron chi connectivity index (χ2n) is 4.38. The molecule has 3 N–H and O–H groups in total. The van der Waals surface area contributed by atoms with Crippen molar-refractivity contribution in [1.29, 1.82) is 0 Å². The summed E-state index contributed by atoms with van der Waals surface area (Å²) >= 11 is 8.38. The van der Waals surface area contributed by atoms with Gasteiger partial charge in [0.15, 0.2) is 16.6 Å². The first kappa shape index (κ1) is 17.2. The first-order valence-corrected chi connectivity index (χ1v) is 7.62. The van der Waals surface area contributed by atoms with Gasteiger partial charge in [0.1, 0.15) is 5.82 Å². The number of nitrogens with one attached hydrogen (secondary N) is 2. The van der Waals surface area contributed by atoms with E-state index in [1.54, 1.807) is 24.3 Å². The van der Waals surface area contributed by atoms with Crippen LogP contribution < -0.4 is 15.5 Å². The lowest BCUT2D eigenvalue weighted by Crippen LogP contribution is -2.23. The monoisotopic (exact) mass is 397 g/mol. The van der Waals surface area contributed by atoms with Crippen LogP contribution in [0.4, 0.5) is 10.1 Å². The van der Waals surface area contributed by atoms with E-state index < -0.39 is 0 Å². The molecule has 0 bridgehead atoms. The summed E-state index contributed by atoms with van der Waals surface area (Å²) in [7, 11) is 1.46. The van der Waals surface area contributed by atoms with Gasteiger partial charge in [-0.25, -0.2) is 4.39 Å².